The molecule has 3 amide bonds. The third-order valence-corrected chi connectivity index (χ3v) is 11.3. The molecule has 5 rings (SSSR count). The van der Waals surface area contributed by atoms with E-state index >= 15 is 0 Å². The Balaban J connectivity index is 1.49. The molecule has 37 heavy (non-hydrogen) atoms. The molecule has 2 bridgehead atoms. The summed E-state index contributed by atoms with van der Waals surface area (Å²) >= 11 is 11.6. The van der Waals surface area contributed by atoms with Gasteiger partial charge in [0.25, 0.3) is 0 Å². The standard InChI is InChI=1S/C27H29BrClN3O4S/c1-2-16(14-33)32-23(25(35)31-19-11-7-6-10-18(19)29)27-12-17(28)22(37-27)20(21(27)26(32)36)24(34)30-13-15-8-4-3-5-9-15/h3-11,16-17,20-23,33H,2,12-14H2,1H3,(H,30,34)(H,31,35)/t16-,17?,20-,21-,22-,23?,27?/m0/s1. The molecule has 3 aliphatic heterocycles. The van der Waals surface area contributed by atoms with Gasteiger partial charge in [-0.1, -0.05) is 76.9 Å². The van der Waals surface area contributed by atoms with E-state index in [9.17, 15) is 19.5 Å². The van der Waals surface area contributed by atoms with Crippen molar-refractivity contribution in [2.24, 2.45) is 11.8 Å². The number of halogens is 2. The Morgan fingerprint density at radius 1 is 1.19 bits per heavy atom. The van der Waals surface area contributed by atoms with Crippen molar-refractivity contribution in [2.75, 3.05) is 11.9 Å². The van der Waals surface area contributed by atoms with Gasteiger partial charge in [0.15, 0.2) is 0 Å². The number of alkyl halides is 1. The van der Waals surface area contributed by atoms with Crippen molar-refractivity contribution in [1.82, 2.24) is 10.2 Å². The summed E-state index contributed by atoms with van der Waals surface area (Å²) < 4.78 is -0.793. The van der Waals surface area contributed by atoms with Gasteiger partial charge in [0.05, 0.1) is 39.9 Å². The number of aliphatic hydroxyl groups is 1. The fourth-order valence-corrected chi connectivity index (χ4v) is 9.92. The molecule has 3 N–H and O–H groups in total. The minimum absolute atomic E-state index is 0.0289. The van der Waals surface area contributed by atoms with Gasteiger partial charge in [-0.2, -0.15) is 0 Å². The van der Waals surface area contributed by atoms with Gasteiger partial charge in [0.2, 0.25) is 17.7 Å². The zero-order chi connectivity index (χ0) is 26.3. The number of aliphatic hydroxyl groups excluding tert-OH is 1. The zero-order valence-electron chi connectivity index (χ0n) is 20.3. The molecule has 3 aliphatic rings. The van der Waals surface area contributed by atoms with Crippen LogP contribution in [0, 0.1) is 11.8 Å². The fourth-order valence-electron chi connectivity index (χ4n) is 6.14. The Morgan fingerprint density at radius 3 is 2.57 bits per heavy atom. The van der Waals surface area contributed by atoms with Crippen LogP contribution in [0.15, 0.2) is 54.6 Å². The number of hydrogen-bond donors (Lipinski definition) is 3. The number of benzene rings is 2. The average molecular weight is 607 g/mol. The Labute approximate surface area is 233 Å². The summed E-state index contributed by atoms with van der Waals surface area (Å²) in [7, 11) is 0. The highest BCUT2D eigenvalue weighted by Gasteiger charge is 2.76. The number of para-hydroxylation sites is 1. The number of amides is 3. The molecule has 0 aromatic heterocycles. The van der Waals surface area contributed by atoms with Gasteiger partial charge in [0, 0.05) is 16.6 Å². The molecule has 7 nitrogen and oxygen atoms in total. The second-order valence-electron chi connectivity index (χ2n) is 9.83. The van der Waals surface area contributed by atoms with Crippen LogP contribution in [0.25, 0.3) is 0 Å². The maximum Gasteiger partial charge on any atom is 0.248 e. The van der Waals surface area contributed by atoms with Crippen molar-refractivity contribution >= 4 is 62.7 Å². The van der Waals surface area contributed by atoms with E-state index in [1.165, 1.54) is 0 Å². The van der Waals surface area contributed by atoms with Crippen LogP contribution in [0.1, 0.15) is 25.3 Å². The first-order chi connectivity index (χ1) is 17.8. The van der Waals surface area contributed by atoms with E-state index in [-0.39, 0.29) is 34.4 Å². The molecule has 3 saturated heterocycles. The molecule has 3 fully saturated rings. The fraction of sp³-hybridized carbons (Fsp3) is 0.444. The molecule has 2 aromatic carbocycles. The highest BCUT2D eigenvalue weighted by Crippen LogP contribution is 2.68. The first kappa shape index (κ1) is 26.5. The lowest BCUT2D eigenvalue weighted by Crippen LogP contribution is -2.55. The third-order valence-electron chi connectivity index (χ3n) is 7.79. The largest absolute Gasteiger partial charge is 0.394 e. The first-order valence-corrected chi connectivity index (χ1v) is 14.6. The Morgan fingerprint density at radius 2 is 1.89 bits per heavy atom. The maximum absolute atomic E-state index is 14.1. The molecule has 0 radical (unpaired) electrons. The first-order valence-electron chi connectivity index (χ1n) is 12.4. The number of carbonyl (C=O) groups is 3. The van der Waals surface area contributed by atoms with Crippen molar-refractivity contribution in [3.8, 4) is 0 Å². The Hall–Kier alpha value is -2.07. The molecular formula is C27H29BrClN3O4S. The number of thioether (sulfide) groups is 1. The number of rotatable bonds is 8. The SMILES string of the molecule is CC[C@@H](CO)N1C(=O)[C@@H]2[C@H](C(=O)NCc3ccccc3)[C@H]3SC2(CC3Br)C1C(=O)Nc1ccccc1Cl. The van der Waals surface area contributed by atoms with Crippen LogP contribution in [0.5, 0.6) is 0 Å². The number of nitrogens with zero attached hydrogens (tertiary/aromatic N) is 1. The number of carbonyl (C=O) groups excluding carboxylic acids is 3. The minimum atomic E-state index is -0.847. The lowest BCUT2D eigenvalue weighted by atomic mass is 9.70. The lowest BCUT2D eigenvalue weighted by Gasteiger charge is -2.37. The third kappa shape index (κ3) is 4.47. The van der Waals surface area contributed by atoms with Crippen LogP contribution in [-0.4, -0.2) is 61.2 Å². The molecular weight excluding hydrogens is 578 g/mol. The molecule has 1 spiro atoms. The highest BCUT2D eigenvalue weighted by molar-refractivity contribution is 9.09. The average Bonchev–Trinajstić information content (AvgIpc) is 3.49. The highest BCUT2D eigenvalue weighted by atomic mass is 79.9. The van der Waals surface area contributed by atoms with Crippen LogP contribution in [0.3, 0.4) is 0 Å². The Bertz CT molecular complexity index is 1200. The topological polar surface area (TPSA) is 98.7 Å². The van der Waals surface area contributed by atoms with Crippen molar-refractivity contribution in [3.05, 3.63) is 65.2 Å². The summed E-state index contributed by atoms with van der Waals surface area (Å²) in [6, 6.07) is 15.2. The molecule has 196 valence electrons. The molecule has 3 unspecified atom stereocenters. The maximum atomic E-state index is 14.1. The van der Waals surface area contributed by atoms with Gasteiger partial charge in [-0.05, 0) is 30.5 Å². The van der Waals surface area contributed by atoms with Gasteiger partial charge in [-0.3, -0.25) is 14.4 Å². The van der Waals surface area contributed by atoms with Gasteiger partial charge in [-0.15, -0.1) is 11.8 Å². The second-order valence-corrected chi connectivity index (χ2v) is 12.9. The molecule has 3 heterocycles. The molecule has 7 atom stereocenters. The Kier molecular flexibility index (Phi) is 7.60. The van der Waals surface area contributed by atoms with Crippen LogP contribution in [0.4, 0.5) is 5.69 Å². The van der Waals surface area contributed by atoms with E-state index in [1.54, 1.807) is 40.9 Å². The lowest BCUT2D eigenvalue weighted by molar-refractivity contribution is -0.142. The smallest absolute Gasteiger partial charge is 0.248 e. The van der Waals surface area contributed by atoms with Crippen molar-refractivity contribution < 1.29 is 19.5 Å². The van der Waals surface area contributed by atoms with E-state index in [0.29, 0.717) is 30.1 Å². The van der Waals surface area contributed by atoms with Gasteiger partial charge in [0.1, 0.15) is 6.04 Å². The van der Waals surface area contributed by atoms with E-state index < -0.39 is 28.7 Å². The zero-order valence-corrected chi connectivity index (χ0v) is 23.4. The summed E-state index contributed by atoms with van der Waals surface area (Å²) in [4.78, 5) is 43.1. The van der Waals surface area contributed by atoms with Gasteiger partial charge < -0.3 is 20.6 Å². The number of fused-ring (bicyclic) bond motifs is 1. The summed E-state index contributed by atoms with van der Waals surface area (Å²) in [5.41, 5.74) is 1.43. The number of likely N-dealkylation sites (tertiary alicyclic amines) is 1. The van der Waals surface area contributed by atoms with Crippen LogP contribution < -0.4 is 10.6 Å². The summed E-state index contributed by atoms with van der Waals surface area (Å²) in [6.45, 7) is 1.98. The van der Waals surface area contributed by atoms with E-state index in [2.05, 4.69) is 26.6 Å². The molecule has 10 heteroatoms. The number of nitrogens with one attached hydrogen (secondary N) is 2. The van der Waals surface area contributed by atoms with Crippen LogP contribution in [0.2, 0.25) is 5.02 Å². The van der Waals surface area contributed by atoms with Crippen LogP contribution in [-0.2, 0) is 20.9 Å². The van der Waals surface area contributed by atoms with Crippen molar-refractivity contribution in [3.63, 3.8) is 0 Å². The number of hydrogen-bond acceptors (Lipinski definition) is 5. The predicted octanol–water partition coefficient (Wildman–Crippen LogP) is 3.83. The molecule has 0 saturated carbocycles. The van der Waals surface area contributed by atoms with E-state index in [1.807, 2.05) is 37.3 Å². The second kappa shape index (κ2) is 10.6. The summed E-state index contributed by atoms with van der Waals surface area (Å²) in [5.74, 6) is -2.02. The van der Waals surface area contributed by atoms with E-state index in [4.69, 9.17) is 11.6 Å². The quantitative estimate of drug-likeness (QED) is 0.397. The van der Waals surface area contributed by atoms with Crippen molar-refractivity contribution in [2.45, 2.75) is 53.2 Å². The van der Waals surface area contributed by atoms with Gasteiger partial charge in [-0.25, -0.2) is 0 Å². The van der Waals surface area contributed by atoms with Gasteiger partial charge >= 0.3 is 0 Å². The number of anilines is 1. The normalized spacial score (nSPS) is 30.8. The monoisotopic (exact) mass is 605 g/mol. The molecule has 2 aromatic rings. The summed E-state index contributed by atoms with van der Waals surface area (Å²) in [6.07, 6.45) is 1.05. The predicted molar refractivity (Wildman–Crippen MR) is 149 cm³/mol. The van der Waals surface area contributed by atoms with Crippen LogP contribution >= 0.6 is 39.3 Å². The van der Waals surface area contributed by atoms with E-state index in [0.717, 1.165) is 5.56 Å². The minimum Gasteiger partial charge on any atom is -0.394 e. The summed E-state index contributed by atoms with van der Waals surface area (Å²) in [5, 5.41) is 16.4. The van der Waals surface area contributed by atoms with Crippen molar-refractivity contribution in [1.29, 1.82) is 0 Å². The molecule has 0 aliphatic carbocycles.